The van der Waals surface area contributed by atoms with Crippen molar-refractivity contribution in [3.63, 3.8) is 0 Å². The molecule has 0 unspecified atom stereocenters. The van der Waals surface area contributed by atoms with Gasteiger partial charge in [-0.3, -0.25) is 9.69 Å². The molecule has 17 heavy (non-hydrogen) atoms. The van der Waals surface area contributed by atoms with Crippen molar-refractivity contribution in [2.45, 2.75) is 19.9 Å². The molecule has 2 rings (SSSR count). The number of fused-ring (bicyclic) bond motifs is 1. The van der Waals surface area contributed by atoms with E-state index in [-0.39, 0.29) is 5.97 Å². The van der Waals surface area contributed by atoms with Crippen LogP contribution in [0.4, 0.5) is 0 Å². The highest BCUT2D eigenvalue weighted by atomic mass is 79.9. The third-order valence-electron chi connectivity index (χ3n) is 2.95. The van der Waals surface area contributed by atoms with Gasteiger partial charge in [0.15, 0.2) is 0 Å². The summed E-state index contributed by atoms with van der Waals surface area (Å²) >= 11 is 3.56. The Morgan fingerprint density at radius 3 is 3.12 bits per heavy atom. The Hall–Kier alpha value is -0.870. The van der Waals surface area contributed by atoms with Crippen LogP contribution in [-0.2, 0) is 22.5 Å². The molecule has 0 bridgehead atoms. The highest BCUT2D eigenvalue weighted by molar-refractivity contribution is 9.10. The van der Waals surface area contributed by atoms with Crippen molar-refractivity contribution in [1.29, 1.82) is 0 Å². The second kappa shape index (κ2) is 5.65. The monoisotopic (exact) mass is 297 g/mol. The van der Waals surface area contributed by atoms with Gasteiger partial charge in [-0.15, -0.1) is 0 Å². The predicted octanol–water partition coefficient (Wildman–Crippen LogP) is 2.37. The van der Waals surface area contributed by atoms with Crippen LogP contribution >= 0.6 is 15.9 Å². The second-order valence-electron chi connectivity index (χ2n) is 4.14. The van der Waals surface area contributed by atoms with E-state index in [1.165, 1.54) is 11.1 Å². The van der Waals surface area contributed by atoms with Gasteiger partial charge in [0.1, 0.15) is 0 Å². The maximum absolute atomic E-state index is 11.4. The van der Waals surface area contributed by atoms with E-state index < -0.39 is 0 Å². The number of ether oxygens (including phenoxy) is 1. The smallest absolute Gasteiger partial charge is 0.320 e. The van der Waals surface area contributed by atoms with Crippen LogP contribution in [0.25, 0.3) is 0 Å². The summed E-state index contributed by atoms with van der Waals surface area (Å²) in [4.78, 5) is 13.6. The molecule has 0 saturated heterocycles. The predicted molar refractivity (Wildman–Crippen MR) is 69.8 cm³/mol. The lowest BCUT2D eigenvalue weighted by atomic mass is 10.00. The normalized spacial score (nSPS) is 15.4. The number of hydrogen-bond donors (Lipinski definition) is 0. The number of benzene rings is 1. The van der Waals surface area contributed by atoms with Crippen LogP contribution in [0.2, 0.25) is 0 Å². The van der Waals surface area contributed by atoms with E-state index in [0.29, 0.717) is 13.2 Å². The number of carbonyl (C=O) groups is 1. The molecule has 0 aromatic heterocycles. The van der Waals surface area contributed by atoms with Gasteiger partial charge in [0.25, 0.3) is 0 Å². The zero-order valence-corrected chi connectivity index (χ0v) is 11.5. The van der Waals surface area contributed by atoms with Crippen LogP contribution in [0.15, 0.2) is 22.7 Å². The Morgan fingerprint density at radius 2 is 2.35 bits per heavy atom. The molecule has 1 aromatic rings. The molecule has 0 amide bonds. The number of hydrogen-bond acceptors (Lipinski definition) is 3. The molecule has 0 radical (unpaired) electrons. The molecule has 0 spiro atoms. The summed E-state index contributed by atoms with van der Waals surface area (Å²) in [6.45, 7) is 4.40. The summed E-state index contributed by atoms with van der Waals surface area (Å²) in [5, 5.41) is 0. The average Bonchev–Trinajstić information content (AvgIpc) is 2.30. The summed E-state index contributed by atoms with van der Waals surface area (Å²) in [5.41, 5.74) is 2.67. The Balaban J connectivity index is 2.03. The number of nitrogens with zero attached hydrogens (tertiary/aromatic N) is 1. The van der Waals surface area contributed by atoms with E-state index in [1.807, 2.05) is 13.0 Å². The summed E-state index contributed by atoms with van der Waals surface area (Å²) in [6.07, 6.45) is 0.994. The Morgan fingerprint density at radius 1 is 1.53 bits per heavy atom. The third kappa shape index (κ3) is 3.07. The lowest BCUT2D eigenvalue weighted by Crippen LogP contribution is -2.35. The molecule has 1 aliphatic rings. The minimum absolute atomic E-state index is 0.136. The van der Waals surface area contributed by atoms with Gasteiger partial charge in [-0.25, -0.2) is 0 Å². The zero-order valence-electron chi connectivity index (χ0n) is 9.91. The summed E-state index contributed by atoms with van der Waals surface area (Å²) < 4.78 is 6.10. The van der Waals surface area contributed by atoms with E-state index in [2.05, 4.69) is 33.0 Å². The quantitative estimate of drug-likeness (QED) is 0.802. The molecule has 0 N–H and O–H groups in total. The molecule has 0 aliphatic carbocycles. The minimum atomic E-state index is -0.136. The third-order valence-corrected chi connectivity index (χ3v) is 3.70. The van der Waals surface area contributed by atoms with E-state index in [1.54, 1.807) is 0 Å². The van der Waals surface area contributed by atoms with Crippen LogP contribution in [-0.4, -0.2) is 30.6 Å². The first-order valence-corrected chi connectivity index (χ1v) is 6.64. The van der Waals surface area contributed by atoms with Crippen molar-refractivity contribution in [3.05, 3.63) is 33.8 Å². The molecule has 0 saturated carbocycles. The van der Waals surface area contributed by atoms with Crippen molar-refractivity contribution in [3.8, 4) is 0 Å². The van der Waals surface area contributed by atoms with Crippen LogP contribution in [0.3, 0.4) is 0 Å². The van der Waals surface area contributed by atoms with Gasteiger partial charge in [-0.2, -0.15) is 0 Å². The van der Waals surface area contributed by atoms with Gasteiger partial charge in [0.2, 0.25) is 0 Å². The second-order valence-corrected chi connectivity index (χ2v) is 5.00. The molecule has 92 valence electrons. The SMILES string of the molecule is CCOC(=O)CN1CCc2cccc(Br)c2C1. The number of carbonyl (C=O) groups excluding carboxylic acids is 1. The summed E-state index contributed by atoms with van der Waals surface area (Å²) in [7, 11) is 0. The fourth-order valence-electron chi connectivity index (χ4n) is 2.12. The number of esters is 1. The minimum Gasteiger partial charge on any atom is -0.465 e. The highest BCUT2D eigenvalue weighted by Crippen LogP contribution is 2.26. The zero-order chi connectivity index (χ0) is 12.3. The molecule has 1 heterocycles. The molecular weight excluding hydrogens is 282 g/mol. The Bertz CT molecular complexity index is 420. The number of rotatable bonds is 3. The molecule has 0 atom stereocenters. The fraction of sp³-hybridized carbons (Fsp3) is 0.462. The van der Waals surface area contributed by atoms with Crippen molar-refractivity contribution in [1.82, 2.24) is 4.90 Å². The van der Waals surface area contributed by atoms with Gasteiger partial charge in [0.05, 0.1) is 13.2 Å². The molecule has 4 heteroatoms. The summed E-state index contributed by atoms with van der Waals surface area (Å²) in [6, 6.07) is 6.26. The van der Waals surface area contributed by atoms with Crippen LogP contribution in [0.5, 0.6) is 0 Å². The molecule has 3 nitrogen and oxygen atoms in total. The van der Waals surface area contributed by atoms with Crippen molar-refractivity contribution in [2.24, 2.45) is 0 Å². The van der Waals surface area contributed by atoms with E-state index in [9.17, 15) is 4.79 Å². The number of halogens is 1. The molecular formula is C13H16BrNO2. The van der Waals surface area contributed by atoms with Gasteiger partial charge >= 0.3 is 5.97 Å². The Labute approximate surface area is 110 Å². The van der Waals surface area contributed by atoms with Crippen molar-refractivity contribution >= 4 is 21.9 Å². The Kier molecular flexibility index (Phi) is 4.18. The molecule has 1 aromatic carbocycles. The van der Waals surface area contributed by atoms with Crippen molar-refractivity contribution in [2.75, 3.05) is 19.7 Å². The largest absolute Gasteiger partial charge is 0.465 e. The van der Waals surface area contributed by atoms with Crippen LogP contribution in [0.1, 0.15) is 18.1 Å². The van der Waals surface area contributed by atoms with Gasteiger partial charge in [0, 0.05) is 17.6 Å². The summed E-state index contributed by atoms with van der Waals surface area (Å²) in [5.74, 6) is -0.136. The van der Waals surface area contributed by atoms with Crippen molar-refractivity contribution < 1.29 is 9.53 Å². The highest BCUT2D eigenvalue weighted by Gasteiger charge is 2.20. The average molecular weight is 298 g/mol. The maximum Gasteiger partial charge on any atom is 0.320 e. The van der Waals surface area contributed by atoms with Crippen LogP contribution in [0, 0.1) is 0 Å². The molecule has 0 fully saturated rings. The lowest BCUT2D eigenvalue weighted by molar-refractivity contribution is -0.144. The van der Waals surface area contributed by atoms with E-state index >= 15 is 0 Å². The lowest BCUT2D eigenvalue weighted by Gasteiger charge is -2.28. The first-order chi connectivity index (χ1) is 8.20. The standard InChI is InChI=1S/C13H16BrNO2/c1-2-17-13(16)9-15-7-6-10-4-3-5-12(14)11(10)8-15/h3-5H,2,6-9H2,1H3. The topological polar surface area (TPSA) is 29.5 Å². The van der Waals surface area contributed by atoms with E-state index in [4.69, 9.17) is 4.74 Å². The fourth-order valence-corrected chi connectivity index (χ4v) is 2.65. The van der Waals surface area contributed by atoms with E-state index in [0.717, 1.165) is 24.0 Å². The van der Waals surface area contributed by atoms with Gasteiger partial charge < -0.3 is 4.74 Å². The maximum atomic E-state index is 11.4. The first-order valence-electron chi connectivity index (χ1n) is 5.85. The first kappa shape index (κ1) is 12.6. The van der Waals surface area contributed by atoms with Gasteiger partial charge in [-0.05, 0) is 30.5 Å². The molecule has 1 aliphatic heterocycles. The van der Waals surface area contributed by atoms with Gasteiger partial charge in [-0.1, -0.05) is 28.1 Å². The van der Waals surface area contributed by atoms with Crippen LogP contribution < -0.4 is 0 Å².